The first-order valence-corrected chi connectivity index (χ1v) is 4.67. The van der Waals surface area contributed by atoms with Crippen molar-refractivity contribution in [1.82, 2.24) is 9.55 Å². The zero-order valence-corrected chi connectivity index (χ0v) is 6.95. The van der Waals surface area contributed by atoms with E-state index in [4.69, 9.17) is 11.6 Å². The Hall–Kier alpha value is -0.150. The van der Waals surface area contributed by atoms with E-state index in [0.29, 0.717) is 5.88 Å². The van der Waals surface area contributed by atoms with Crippen molar-refractivity contribution in [3.8, 4) is 0 Å². The fraction of sp³-hybridized carbons (Fsp3) is 0.500. The van der Waals surface area contributed by atoms with E-state index in [1.54, 1.807) is 11.8 Å². The summed E-state index contributed by atoms with van der Waals surface area (Å²) in [5.74, 6) is 1.72. The van der Waals surface area contributed by atoms with Crippen LogP contribution in [0.5, 0.6) is 0 Å². The minimum absolute atomic E-state index is 0.577. The van der Waals surface area contributed by atoms with E-state index in [9.17, 15) is 0 Å². The third-order valence-electron chi connectivity index (χ3n) is 1.58. The summed E-state index contributed by atoms with van der Waals surface area (Å²) in [6.07, 6.45) is 1.86. The van der Waals surface area contributed by atoms with Gasteiger partial charge in [-0.15, -0.1) is 11.6 Å². The summed E-state index contributed by atoms with van der Waals surface area (Å²) in [5.41, 5.74) is 1.14. The smallest absolute Gasteiger partial charge is 0.168 e. The van der Waals surface area contributed by atoms with Gasteiger partial charge in [0, 0.05) is 12.3 Å². The van der Waals surface area contributed by atoms with Crippen LogP contribution in [0.15, 0.2) is 11.4 Å². The molecule has 2 nitrogen and oxygen atoms in total. The number of hydrogen-bond acceptors (Lipinski definition) is 2. The van der Waals surface area contributed by atoms with Crippen molar-refractivity contribution in [2.45, 2.75) is 17.6 Å². The molecular weight excluding hydrogens is 168 g/mol. The van der Waals surface area contributed by atoms with Crippen molar-refractivity contribution in [2.24, 2.45) is 0 Å². The lowest BCUT2D eigenvalue weighted by Gasteiger charge is -1.97. The van der Waals surface area contributed by atoms with E-state index < -0.39 is 0 Å². The largest absolute Gasteiger partial charge is 0.321 e. The standard InChI is InChI=1S/C6H7ClN2S/c7-3-5-4-8-6-9(5)1-2-10-6/h4H,1-3H2. The molecule has 1 aromatic rings. The Balaban J connectivity index is 2.44. The molecule has 2 rings (SSSR count). The van der Waals surface area contributed by atoms with Crippen LogP contribution in [0.3, 0.4) is 0 Å². The molecule has 0 unspecified atom stereocenters. The van der Waals surface area contributed by atoms with Crippen molar-refractivity contribution >= 4 is 23.4 Å². The van der Waals surface area contributed by atoms with Gasteiger partial charge in [-0.1, -0.05) is 11.8 Å². The number of fused-ring (bicyclic) bond motifs is 1. The molecule has 0 spiro atoms. The summed E-state index contributed by atoms with van der Waals surface area (Å²) in [7, 11) is 0. The van der Waals surface area contributed by atoms with Gasteiger partial charge in [0.25, 0.3) is 0 Å². The highest BCUT2D eigenvalue weighted by Crippen LogP contribution is 2.25. The Morgan fingerprint density at radius 1 is 1.80 bits per heavy atom. The lowest BCUT2D eigenvalue weighted by Crippen LogP contribution is -1.97. The number of imidazole rings is 1. The summed E-state index contributed by atoms with van der Waals surface area (Å²) in [5, 5.41) is 1.12. The number of hydrogen-bond donors (Lipinski definition) is 0. The molecule has 4 heteroatoms. The number of rotatable bonds is 1. The summed E-state index contributed by atoms with van der Waals surface area (Å²) in [4.78, 5) is 4.21. The van der Waals surface area contributed by atoms with Crippen LogP contribution in [0.1, 0.15) is 5.69 Å². The second-order valence-electron chi connectivity index (χ2n) is 2.17. The zero-order valence-electron chi connectivity index (χ0n) is 5.38. The van der Waals surface area contributed by atoms with E-state index in [2.05, 4.69) is 9.55 Å². The van der Waals surface area contributed by atoms with Gasteiger partial charge in [0.05, 0.1) is 17.8 Å². The topological polar surface area (TPSA) is 17.8 Å². The first-order chi connectivity index (χ1) is 4.92. The number of nitrogens with zero attached hydrogens (tertiary/aromatic N) is 2. The summed E-state index contributed by atoms with van der Waals surface area (Å²) in [6.45, 7) is 1.07. The Morgan fingerprint density at radius 3 is 3.50 bits per heavy atom. The zero-order chi connectivity index (χ0) is 6.97. The van der Waals surface area contributed by atoms with Crippen LogP contribution < -0.4 is 0 Å². The van der Waals surface area contributed by atoms with Crippen molar-refractivity contribution in [2.75, 3.05) is 5.75 Å². The SMILES string of the molecule is ClCc1cnc2n1CCS2. The lowest BCUT2D eigenvalue weighted by atomic mass is 10.5. The number of halogens is 1. The van der Waals surface area contributed by atoms with Crippen molar-refractivity contribution in [3.63, 3.8) is 0 Å². The highest BCUT2D eigenvalue weighted by Gasteiger charge is 2.14. The van der Waals surface area contributed by atoms with Crippen molar-refractivity contribution in [3.05, 3.63) is 11.9 Å². The average Bonchev–Trinajstić information content (AvgIpc) is 2.44. The number of alkyl halides is 1. The predicted octanol–water partition coefficient (Wildman–Crippen LogP) is 1.73. The molecule has 0 saturated heterocycles. The highest BCUT2D eigenvalue weighted by molar-refractivity contribution is 7.99. The average molecular weight is 175 g/mol. The molecular formula is C6H7ClN2S. The molecule has 10 heavy (non-hydrogen) atoms. The quantitative estimate of drug-likeness (QED) is 0.604. The van der Waals surface area contributed by atoms with Crippen LogP contribution in [0.4, 0.5) is 0 Å². The van der Waals surface area contributed by atoms with Crippen LogP contribution in [0.2, 0.25) is 0 Å². The van der Waals surface area contributed by atoms with Crippen LogP contribution in [-0.2, 0) is 12.4 Å². The van der Waals surface area contributed by atoms with Gasteiger partial charge in [-0.25, -0.2) is 4.98 Å². The molecule has 1 aliphatic rings. The van der Waals surface area contributed by atoms with Gasteiger partial charge in [-0.3, -0.25) is 0 Å². The molecule has 0 N–H and O–H groups in total. The predicted molar refractivity (Wildman–Crippen MR) is 42.5 cm³/mol. The first-order valence-electron chi connectivity index (χ1n) is 3.15. The van der Waals surface area contributed by atoms with Gasteiger partial charge in [0.15, 0.2) is 5.16 Å². The molecule has 0 aliphatic carbocycles. The third-order valence-corrected chi connectivity index (χ3v) is 2.83. The van der Waals surface area contributed by atoms with Crippen LogP contribution in [0.25, 0.3) is 0 Å². The van der Waals surface area contributed by atoms with E-state index in [0.717, 1.165) is 23.1 Å². The number of thioether (sulfide) groups is 1. The normalized spacial score (nSPS) is 15.7. The first kappa shape index (κ1) is 6.55. The Morgan fingerprint density at radius 2 is 2.70 bits per heavy atom. The molecule has 0 radical (unpaired) electrons. The van der Waals surface area contributed by atoms with Gasteiger partial charge < -0.3 is 4.57 Å². The summed E-state index contributed by atoms with van der Waals surface area (Å²) >= 11 is 7.48. The lowest BCUT2D eigenvalue weighted by molar-refractivity contribution is 0.694. The summed E-state index contributed by atoms with van der Waals surface area (Å²) < 4.78 is 2.18. The van der Waals surface area contributed by atoms with Gasteiger partial charge >= 0.3 is 0 Å². The maximum atomic E-state index is 5.68. The van der Waals surface area contributed by atoms with Crippen molar-refractivity contribution in [1.29, 1.82) is 0 Å². The van der Waals surface area contributed by atoms with Gasteiger partial charge in [0.1, 0.15) is 0 Å². The minimum Gasteiger partial charge on any atom is -0.321 e. The fourth-order valence-electron chi connectivity index (χ4n) is 1.08. The molecule has 1 aromatic heterocycles. The second kappa shape index (κ2) is 2.47. The second-order valence-corrected chi connectivity index (χ2v) is 3.50. The molecule has 0 bridgehead atoms. The molecule has 2 heterocycles. The van der Waals surface area contributed by atoms with Gasteiger partial charge in [0.2, 0.25) is 0 Å². The molecule has 54 valence electrons. The number of aromatic nitrogens is 2. The molecule has 0 saturated carbocycles. The molecule has 0 fully saturated rings. The Bertz CT molecular complexity index is 246. The van der Waals surface area contributed by atoms with E-state index in [1.165, 1.54) is 0 Å². The minimum atomic E-state index is 0.577. The van der Waals surface area contributed by atoms with E-state index in [-0.39, 0.29) is 0 Å². The van der Waals surface area contributed by atoms with E-state index in [1.807, 2.05) is 6.20 Å². The highest BCUT2D eigenvalue weighted by atomic mass is 35.5. The fourth-order valence-corrected chi connectivity index (χ4v) is 2.24. The molecule has 0 aromatic carbocycles. The summed E-state index contributed by atoms with van der Waals surface area (Å²) in [6, 6.07) is 0. The Labute approximate surface area is 68.6 Å². The Kier molecular flexibility index (Phi) is 1.62. The van der Waals surface area contributed by atoms with Gasteiger partial charge in [-0.2, -0.15) is 0 Å². The monoisotopic (exact) mass is 174 g/mol. The van der Waals surface area contributed by atoms with Crippen molar-refractivity contribution < 1.29 is 0 Å². The van der Waals surface area contributed by atoms with E-state index >= 15 is 0 Å². The van der Waals surface area contributed by atoms with Crippen LogP contribution >= 0.6 is 23.4 Å². The van der Waals surface area contributed by atoms with Gasteiger partial charge in [-0.05, 0) is 0 Å². The molecule has 0 atom stereocenters. The maximum Gasteiger partial charge on any atom is 0.168 e. The molecule has 1 aliphatic heterocycles. The maximum absolute atomic E-state index is 5.68. The van der Waals surface area contributed by atoms with Crippen LogP contribution in [0, 0.1) is 0 Å². The van der Waals surface area contributed by atoms with Crippen LogP contribution in [-0.4, -0.2) is 15.3 Å². The third kappa shape index (κ3) is 0.847. The molecule has 0 amide bonds.